The molecule has 1 aliphatic carbocycles. The topological polar surface area (TPSA) is 41.6 Å². The summed E-state index contributed by atoms with van der Waals surface area (Å²) in [6.45, 7) is 3.15. The van der Waals surface area contributed by atoms with Gasteiger partial charge in [-0.25, -0.2) is 0 Å². The zero-order valence-electron chi connectivity index (χ0n) is 11.0. The molecule has 3 nitrogen and oxygen atoms in total. The SMILES string of the molecule is CC1(CCc2ccccc2)CN=C(N)N1C1CC1. The number of hydrogen-bond donors (Lipinski definition) is 1. The number of aryl methyl sites for hydroxylation is 1. The van der Waals surface area contributed by atoms with Crippen molar-refractivity contribution >= 4 is 5.96 Å². The van der Waals surface area contributed by atoms with Gasteiger partial charge in [0, 0.05) is 6.04 Å². The molecule has 3 rings (SSSR count). The third-order valence-electron chi connectivity index (χ3n) is 4.12. The summed E-state index contributed by atoms with van der Waals surface area (Å²) in [5.74, 6) is 0.757. The highest BCUT2D eigenvalue weighted by Gasteiger charge is 2.45. The maximum Gasteiger partial charge on any atom is 0.192 e. The second kappa shape index (κ2) is 4.30. The van der Waals surface area contributed by atoms with Gasteiger partial charge in [0.2, 0.25) is 0 Å². The number of nitrogens with two attached hydrogens (primary N) is 1. The van der Waals surface area contributed by atoms with Crippen LogP contribution in [-0.4, -0.2) is 29.0 Å². The molecule has 1 aliphatic heterocycles. The van der Waals surface area contributed by atoms with Gasteiger partial charge in [-0.1, -0.05) is 30.3 Å². The predicted octanol–water partition coefficient (Wildman–Crippen LogP) is 2.17. The minimum atomic E-state index is 0.126. The van der Waals surface area contributed by atoms with Gasteiger partial charge in [0.15, 0.2) is 5.96 Å². The van der Waals surface area contributed by atoms with Crippen molar-refractivity contribution in [2.45, 2.75) is 44.2 Å². The molecule has 0 radical (unpaired) electrons. The van der Waals surface area contributed by atoms with Gasteiger partial charge in [-0.2, -0.15) is 0 Å². The van der Waals surface area contributed by atoms with Crippen LogP contribution in [0, 0.1) is 0 Å². The second-order valence-electron chi connectivity index (χ2n) is 5.76. The molecule has 1 fully saturated rings. The molecule has 0 bridgehead atoms. The minimum Gasteiger partial charge on any atom is -0.370 e. The van der Waals surface area contributed by atoms with Gasteiger partial charge in [0.25, 0.3) is 0 Å². The van der Waals surface area contributed by atoms with Gasteiger partial charge in [-0.15, -0.1) is 0 Å². The first kappa shape index (κ1) is 11.6. The van der Waals surface area contributed by atoms with Crippen molar-refractivity contribution in [2.75, 3.05) is 6.54 Å². The van der Waals surface area contributed by atoms with E-state index in [1.807, 2.05) is 0 Å². The number of nitrogens with zero attached hydrogens (tertiary/aromatic N) is 2. The number of hydrogen-bond acceptors (Lipinski definition) is 3. The Morgan fingerprint density at radius 2 is 2.06 bits per heavy atom. The van der Waals surface area contributed by atoms with E-state index in [0.29, 0.717) is 6.04 Å². The maximum absolute atomic E-state index is 6.04. The standard InChI is InChI=1S/C15H21N3/c1-15(10-9-12-5-3-2-4-6-12)11-17-14(16)18(15)13-7-8-13/h2-6,13H,7-11H2,1H3,(H2,16,17). The summed E-state index contributed by atoms with van der Waals surface area (Å²) in [6.07, 6.45) is 4.77. The van der Waals surface area contributed by atoms with Crippen LogP contribution in [0.4, 0.5) is 0 Å². The molecule has 1 aromatic carbocycles. The lowest BCUT2D eigenvalue weighted by atomic mass is 9.92. The Hall–Kier alpha value is -1.51. The fourth-order valence-corrected chi connectivity index (χ4v) is 2.90. The fourth-order valence-electron chi connectivity index (χ4n) is 2.90. The van der Waals surface area contributed by atoms with E-state index in [2.05, 4.69) is 47.1 Å². The largest absolute Gasteiger partial charge is 0.370 e. The number of rotatable bonds is 4. The maximum atomic E-state index is 6.04. The van der Waals surface area contributed by atoms with Crippen molar-refractivity contribution in [1.82, 2.24) is 4.90 Å². The molecular formula is C15H21N3. The molecule has 1 heterocycles. The van der Waals surface area contributed by atoms with Gasteiger partial charge in [-0.3, -0.25) is 4.99 Å². The van der Waals surface area contributed by atoms with E-state index in [4.69, 9.17) is 5.73 Å². The molecule has 0 aromatic heterocycles. The monoisotopic (exact) mass is 243 g/mol. The van der Waals surface area contributed by atoms with Crippen LogP contribution < -0.4 is 5.73 Å². The van der Waals surface area contributed by atoms with Crippen molar-refractivity contribution in [3.05, 3.63) is 35.9 Å². The Morgan fingerprint density at radius 1 is 1.33 bits per heavy atom. The second-order valence-corrected chi connectivity index (χ2v) is 5.76. The Balaban J connectivity index is 1.68. The molecule has 2 aliphatic rings. The van der Waals surface area contributed by atoms with E-state index in [1.54, 1.807) is 0 Å². The average Bonchev–Trinajstić information content (AvgIpc) is 3.16. The van der Waals surface area contributed by atoms with Crippen LogP contribution in [0.3, 0.4) is 0 Å². The highest BCUT2D eigenvalue weighted by molar-refractivity contribution is 5.81. The van der Waals surface area contributed by atoms with E-state index in [9.17, 15) is 0 Å². The molecule has 0 saturated heterocycles. The molecule has 0 amide bonds. The summed E-state index contributed by atoms with van der Waals surface area (Å²) in [5.41, 5.74) is 7.57. The number of guanidine groups is 1. The van der Waals surface area contributed by atoms with Gasteiger partial charge in [0.1, 0.15) is 0 Å². The lowest BCUT2D eigenvalue weighted by Crippen LogP contribution is -2.51. The Bertz CT molecular complexity index is 450. The minimum absolute atomic E-state index is 0.126. The van der Waals surface area contributed by atoms with Gasteiger partial charge < -0.3 is 10.6 Å². The summed E-state index contributed by atoms with van der Waals surface area (Å²) in [7, 11) is 0. The number of benzene rings is 1. The molecule has 1 saturated carbocycles. The zero-order chi connectivity index (χ0) is 12.6. The molecule has 1 aromatic rings. The van der Waals surface area contributed by atoms with Gasteiger partial charge >= 0.3 is 0 Å². The summed E-state index contributed by atoms with van der Waals surface area (Å²) in [6, 6.07) is 11.3. The van der Waals surface area contributed by atoms with Crippen molar-refractivity contribution in [1.29, 1.82) is 0 Å². The first-order chi connectivity index (χ1) is 8.69. The van der Waals surface area contributed by atoms with Crippen molar-refractivity contribution in [2.24, 2.45) is 10.7 Å². The lowest BCUT2D eigenvalue weighted by molar-refractivity contribution is 0.200. The van der Waals surface area contributed by atoms with Gasteiger partial charge in [0.05, 0.1) is 12.1 Å². The molecule has 96 valence electrons. The van der Waals surface area contributed by atoms with Crippen molar-refractivity contribution in [3.63, 3.8) is 0 Å². The first-order valence-electron chi connectivity index (χ1n) is 6.82. The molecule has 3 heteroatoms. The third-order valence-corrected chi connectivity index (χ3v) is 4.12. The van der Waals surface area contributed by atoms with Crippen LogP contribution in [-0.2, 0) is 6.42 Å². The van der Waals surface area contributed by atoms with Crippen LogP contribution in [0.15, 0.2) is 35.3 Å². The Labute approximate surface area is 109 Å². The van der Waals surface area contributed by atoms with Crippen molar-refractivity contribution in [3.8, 4) is 0 Å². The van der Waals surface area contributed by atoms with E-state index in [1.165, 1.54) is 18.4 Å². The van der Waals surface area contributed by atoms with E-state index in [0.717, 1.165) is 25.3 Å². The fraction of sp³-hybridized carbons (Fsp3) is 0.533. The third kappa shape index (κ3) is 2.09. The normalized spacial score (nSPS) is 27.4. The average molecular weight is 243 g/mol. The van der Waals surface area contributed by atoms with Crippen LogP contribution in [0.25, 0.3) is 0 Å². The summed E-state index contributed by atoms with van der Waals surface area (Å²) < 4.78 is 0. The summed E-state index contributed by atoms with van der Waals surface area (Å²) >= 11 is 0. The summed E-state index contributed by atoms with van der Waals surface area (Å²) in [4.78, 5) is 6.84. The molecule has 18 heavy (non-hydrogen) atoms. The zero-order valence-corrected chi connectivity index (χ0v) is 11.0. The van der Waals surface area contributed by atoms with E-state index >= 15 is 0 Å². The Morgan fingerprint density at radius 3 is 2.72 bits per heavy atom. The first-order valence-corrected chi connectivity index (χ1v) is 6.82. The molecule has 0 spiro atoms. The molecule has 1 unspecified atom stereocenters. The van der Waals surface area contributed by atoms with Crippen LogP contribution in [0.1, 0.15) is 31.7 Å². The van der Waals surface area contributed by atoms with Crippen molar-refractivity contribution < 1.29 is 0 Å². The van der Waals surface area contributed by atoms with Gasteiger partial charge in [-0.05, 0) is 38.2 Å². The smallest absolute Gasteiger partial charge is 0.192 e. The summed E-state index contributed by atoms with van der Waals surface area (Å²) in [5, 5.41) is 0. The highest BCUT2D eigenvalue weighted by atomic mass is 15.4. The van der Waals surface area contributed by atoms with E-state index in [-0.39, 0.29) is 5.54 Å². The quantitative estimate of drug-likeness (QED) is 0.880. The predicted molar refractivity (Wildman–Crippen MR) is 74.5 cm³/mol. The molecule has 1 atom stereocenters. The highest BCUT2D eigenvalue weighted by Crippen LogP contribution is 2.37. The molecular weight excluding hydrogens is 222 g/mol. The Kier molecular flexibility index (Phi) is 2.77. The van der Waals surface area contributed by atoms with E-state index < -0.39 is 0 Å². The number of aliphatic imine (C=N–C) groups is 1. The lowest BCUT2D eigenvalue weighted by Gasteiger charge is -2.36. The van der Waals surface area contributed by atoms with Crippen LogP contribution >= 0.6 is 0 Å². The molecule has 2 N–H and O–H groups in total. The van der Waals surface area contributed by atoms with Crippen LogP contribution in [0.5, 0.6) is 0 Å². The van der Waals surface area contributed by atoms with Crippen LogP contribution in [0.2, 0.25) is 0 Å².